The lowest BCUT2D eigenvalue weighted by Crippen LogP contribution is -2.15. The molecule has 0 bridgehead atoms. The van der Waals surface area contributed by atoms with Crippen LogP contribution in [0.25, 0.3) is 0 Å². The highest BCUT2D eigenvalue weighted by molar-refractivity contribution is 7.92. The molecule has 2 rings (SSSR count). The van der Waals surface area contributed by atoms with Gasteiger partial charge in [-0.25, -0.2) is 8.42 Å². The van der Waals surface area contributed by atoms with E-state index in [1.54, 1.807) is 29.6 Å². The molecule has 0 aliphatic heterocycles. The number of ketones is 1. The fraction of sp³-hybridized carbons (Fsp3) is 0.0833. The summed E-state index contributed by atoms with van der Waals surface area (Å²) in [6.45, 7) is 0. The van der Waals surface area contributed by atoms with Crippen LogP contribution in [-0.2, 0) is 9.84 Å². The maximum Gasteiger partial charge on any atom is 0.188 e. The molecule has 1 aromatic heterocycles. The highest BCUT2D eigenvalue weighted by atomic mass is 35.5. The Balaban J connectivity index is 2.25. The molecular weight excluding hydrogens is 292 g/mol. The van der Waals surface area contributed by atoms with Gasteiger partial charge in [0.25, 0.3) is 0 Å². The standard InChI is InChI=1S/C12H9ClO3S2/c13-9-3-1-4-10(7-9)18(15,16)8-11(14)12-5-2-6-17-12/h1-7H,8H2. The Morgan fingerprint density at radius 3 is 2.61 bits per heavy atom. The van der Waals surface area contributed by atoms with E-state index in [4.69, 9.17) is 11.6 Å². The SMILES string of the molecule is O=C(CS(=O)(=O)c1cccc(Cl)c1)c1cccs1. The molecule has 0 saturated heterocycles. The molecule has 6 heteroatoms. The van der Waals surface area contributed by atoms with Crippen molar-refractivity contribution in [3.63, 3.8) is 0 Å². The summed E-state index contributed by atoms with van der Waals surface area (Å²) in [6.07, 6.45) is 0. The summed E-state index contributed by atoms with van der Waals surface area (Å²) in [7, 11) is -3.64. The summed E-state index contributed by atoms with van der Waals surface area (Å²) in [4.78, 5) is 12.3. The number of hydrogen-bond acceptors (Lipinski definition) is 4. The predicted molar refractivity (Wildman–Crippen MR) is 72.2 cm³/mol. The monoisotopic (exact) mass is 300 g/mol. The third-order valence-electron chi connectivity index (χ3n) is 2.27. The number of carbonyl (C=O) groups excluding carboxylic acids is 1. The molecule has 2 aromatic rings. The topological polar surface area (TPSA) is 51.2 Å². The van der Waals surface area contributed by atoms with Gasteiger partial charge in [0.05, 0.1) is 9.77 Å². The summed E-state index contributed by atoms with van der Waals surface area (Å²) >= 11 is 6.97. The molecule has 0 aliphatic rings. The van der Waals surface area contributed by atoms with Crippen LogP contribution in [-0.4, -0.2) is 20.0 Å². The van der Waals surface area contributed by atoms with E-state index in [1.165, 1.54) is 23.5 Å². The molecule has 1 aromatic carbocycles. The van der Waals surface area contributed by atoms with Crippen molar-refractivity contribution in [3.8, 4) is 0 Å². The number of thiophene rings is 1. The minimum absolute atomic E-state index is 0.0694. The quantitative estimate of drug-likeness (QED) is 0.815. The molecule has 1 heterocycles. The summed E-state index contributed by atoms with van der Waals surface area (Å²) in [5.74, 6) is -0.932. The average molecular weight is 301 g/mol. The Labute approximate surface area is 114 Å². The Kier molecular flexibility index (Phi) is 3.85. The number of rotatable bonds is 4. The van der Waals surface area contributed by atoms with Crippen molar-refractivity contribution in [3.05, 3.63) is 51.7 Å². The second kappa shape index (κ2) is 5.22. The molecule has 0 spiro atoms. The second-order valence-corrected chi connectivity index (χ2v) is 6.99. The van der Waals surface area contributed by atoms with E-state index in [9.17, 15) is 13.2 Å². The van der Waals surface area contributed by atoms with Crippen LogP contribution in [0, 0.1) is 0 Å². The molecule has 0 N–H and O–H groups in total. The molecule has 0 unspecified atom stereocenters. The van der Waals surface area contributed by atoms with Gasteiger partial charge >= 0.3 is 0 Å². The van der Waals surface area contributed by atoms with Gasteiger partial charge in [0.1, 0.15) is 5.75 Å². The Morgan fingerprint density at radius 2 is 2.00 bits per heavy atom. The normalized spacial score (nSPS) is 11.4. The molecule has 3 nitrogen and oxygen atoms in total. The molecule has 0 saturated carbocycles. The van der Waals surface area contributed by atoms with Crippen LogP contribution >= 0.6 is 22.9 Å². The van der Waals surface area contributed by atoms with Crippen LogP contribution in [0.1, 0.15) is 9.67 Å². The van der Waals surface area contributed by atoms with Crippen molar-refractivity contribution in [1.29, 1.82) is 0 Å². The highest BCUT2D eigenvalue weighted by Crippen LogP contribution is 2.18. The molecule has 18 heavy (non-hydrogen) atoms. The summed E-state index contributed by atoms with van der Waals surface area (Å²) in [5, 5.41) is 2.07. The summed E-state index contributed by atoms with van der Waals surface area (Å²) < 4.78 is 24.0. The predicted octanol–water partition coefficient (Wildman–Crippen LogP) is 3.06. The molecule has 0 atom stereocenters. The Morgan fingerprint density at radius 1 is 1.22 bits per heavy atom. The first-order valence-electron chi connectivity index (χ1n) is 5.04. The second-order valence-electron chi connectivity index (χ2n) is 3.62. The number of benzene rings is 1. The van der Waals surface area contributed by atoms with Gasteiger partial charge < -0.3 is 0 Å². The van der Waals surface area contributed by atoms with Gasteiger partial charge in [-0.05, 0) is 29.6 Å². The minimum atomic E-state index is -3.64. The lowest BCUT2D eigenvalue weighted by molar-refractivity contribution is 0.102. The first kappa shape index (κ1) is 13.3. The van der Waals surface area contributed by atoms with E-state index in [0.717, 1.165) is 0 Å². The van der Waals surface area contributed by atoms with E-state index in [0.29, 0.717) is 9.90 Å². The van der Waals surface area contributed by atoms with Crippen molar-refractivity contribution in [2.75, 3.05) is 5.75 Å². The van der Waals surface area contributed by atoms with Crippen LogP contribution in [0.15, 0.2) is 46.7 Å². The molecule has 94 valence electrons. The van der Waals surface area contributed by atoms with Crippen LogP contribution < -0.4 is 0 Å². The minimum Gasteiger partial charge on any atom is -0.292 e. The van der Waals surface area contributed by atoms with Crippen molar-refractivity contribution in [2.24, 2.45) is 0 Å². The van der Waals surface area contributed by atoms with Gasteiger partial charge in [-0.2, -0.15) is 0 Å². The lowest BCUT2D eigenvalue weighted by atomic mass is 10.3. The molecule has 0 aliphatic carbocycles. The Bertz CT molecular complexity index is 660. The van der Waals surface area contributed by atoms with Crippen LogP contribution in [0.2, 0.25) is 5.02 Å². The molecule has 0 radical (unpaired) electrons. The van der Waals surface area contributed by atoms with Crippen molar-refractivity contribution < 1.29 is 13.2 Å². The van der Waals surface area contributed by atoms with Crippen molar-refractivity contribution >= 4 is 38.6 Å². The van der Waals surface area contributed by atoms with E-state index in [-0.39, 0.29) is 4.90 Å². The number of carbonyl (C=O) groups is 1. The van der Waals surface area contributed by atoms with Crippen LogP contribution in [0.4, 0.5) is 0 Å². The molecular formula is C12H9ClO3S2. The summed E-state index contributed by atoms with van der Waals surface area (Å²) in [5.41, 5.74) is 0. The zero-order valence-corrected chi connectivity index (χ0v) is 11.6. The van der Waals surface area contributed by atoms with Gasteiger partial charge in [0.15, 0.2) is 15.6 Å². The number of hydrogen-bond donors (Lipinski definition) is 0. The molecule has 0 amide bonds. The van der Waals surface area contributed by atoms with E-state index >= 15 is 0 Å². The third-order valence-corrected chi connectivity index (χ3v) is 5.03. The average Bonchev–Trinajstić information content (AvgIpc) is 2.82. The zero-order chi connectivity index (χ0) is 13.2. The zero-order valence-electron chi connectivity index (χ0n) is 9.17. The fourth-order valence-electron chi connectivity index (χ4n) is 1.42. The highest BCUT2D eigenvalue weighted by Gasteiger charge is 2.21. The maximum absolute atomic E-state index is 12.0. The van der Waals surface area contributed by atoms with E-state index in [1.807, 2.05) is 0 Å². The Hall–Kier alpha value is -1.17. The van der Waals surface area contributed by atoms with Gasteiger partial charge in [-0.1, -0.05) is 23.7 Å². The van der Waals surface area contributed by atoms with Gasteiger partial charge in [0, 0.05) is 5.02 Å². The first-order chi connectivity index (χ1) is 8.49. The van der Waals surface area contributed by atoms with Gasteiger partial charge in [-0.3, -0.25) is 4.79 Å². The van der Waals surface area contributed by atoms with Crippen molar-refractivity contribution in [2.45, 2.75) is 4.90 Å². The van der Waals surface area contributed by atoms with Crippen molar-refractivity contribution in [1.82, 2.24) is 0 Å². The largest absolute Gasteiger partial charge is 0.292 e. The van der Waals surface area contributed by atoms with Gasteiger partial charge in [-0.15, -0.1) is 11.3 Å². The van der Waals surface area contributed by atoms with Gasteiger partial charge in [0.2, 0.25) is 0 Å². The lowest BCUT2D eigenvalue weighted by Gasteiger charge is -2.03. The third kappa shape index (κ3) is 2.98. The summed E-state index contributed by atoms with van der Waals surface area (Å²) in [6, 6.07) is 9.23. The number of sulfone groups is 1. The van der Waals surface area contributed by atoms with E-state index in [2.05, 4.69) is 0 Å². The number of halogens is 1. The van der Waals surface area contributed by atoms with Crippen LogP contribution in [0.5, 0.6) is 0 Å². The number of Topliss-reactive ketones (excluding diaryl/α,β-unsaturated/α-hetero) is 1. The maximum atomic E-state index is 12.0. The van der Waals surface area contributed by atoms with Crippen LogP contribution in [0.3, 0.4) is 0 Å². The first-order valence-corrected chi connectivity index (χ1v) is 7.95. The fourth-order valence-corrected chi connectivity index (χ4v) is 3.70. The molecule has 0 fully saturated rings. The van der Waals surface area contributed by atoms with E-state index < -0.39 is 21.4 Å². The smallest absolute Gasteiger partial charge is 0.188 e.